The van der Waals surface area contributed by atoms with Gasteiger partial charge in [0.05, 0.1) is 13.2 Å². The zero-order valence-corrected chi connectivity index (χ0v) is 31.6. The van der Waals surface area contributed by atoms with Crippen molar-refractivity contribution in [2.45, 2.75) is 219 Å². The molecule has 0 unspecified atom stereocenters. The van der Waals surface area contributed by atoms with Crippen LogP contribution in [-0.2, 0) is 30.9 Å². The van der Waals surface area contributed by atoms with E-state index in [1.165, 1.54) is 180 Å². The van der Waals surface area contributed by atoms with Crippen molar-refractivity contribution in [1.29, 1.82) is 0 Å². The van der Waals surface area contributed by atoms with Crippen LogP contribution in [0.5, 0.6) is 0 Å². The molecule has 0 aromatic carbocycles. The van der Waals surface area contributed by atoms with E-state index in [1.54, 1.807) is 0 Å². The van der Waals surface area contributed by atoms with Crippen molar-refractivity contribution in [3.8, 4) is 0 Å². The van der Waals surface area contributed by atoms with Crippen molar-refractivity contribution < 1.29 is 19.1 Å². The summed E-state index contributed by atoms with van der Waals surface area (Å²) in [5.74, 6) is 0. The van der Waals surface area contributed by atoms with Crippen LogP contribution < -0.4 is 0 Å². The van der Waals surface area contributed by atoms with Crippen molar-refractivity contribution >= 4 is 29.7 Å². The van der Waals surface area contributed by atoms with Crippen LogP contribution in [0.4, 0.5) is 0 Å². The van der Waals surface area contributed by atoms with Crippen molar-refractivity contribution in [2.75, 3.05) is 13.2 Å². The van der Waals surface area contributed by atoms with Gasteiger partial charge in [-0.25, -0.2) is 9.78 Å². The Hall–Kier alpha value is 0.840. The van der Waals surface area contributed by atoms with Gasteiger partial charge in [0.15, 0.2) is 0 Å². The standard InChI is InChI=1S/C36H75O4PS2/c1-3-5-7-9-11-13-15-17-19-21-23-25-27-29-31-33-35-37-39-41(42,43)40-38-36-34-32-30-28-26-24-22-20-18-16-14-12-10-8-6-4-2/h3-36H2,1-2H3,(H,42,43). The molecule has 0 radical (unpaired) electrons. The Labute approximate surface area is 280 Å². The summed E-state index contributed by atoms with van der Waals surface area (Å²) in [6, 6.07) is 0. The molecule has 7 heteroatoms. The molecule has 0 saturated carbocycles. The number of unbranched alkanes of at least 4 members (excludes halogenated alkanes) is 30. The molecule has 0 atom stereocenters. The van der Waals surface area contributed by atoms with Gasteiger partial charge >= 0.3 is 5.69 Å². The molecule has 4 nitrogen and oxygen atoms in total. The monoisotopic (exact) mass is 666 g/mol. The first-order chi connectivity index (χ1) is 21.1. The van der Waals surface area contributed by atoms with E-state index >= 15 is 0 Å². The molecule has 0 aliphatic rings. The molecule has 0 heterocycles. The third-order valence-corrected chi connectivity index (χ3v) is 9.81. The molecule has 0 aromatic heterocycles. The molecule has 43 heavy (non-hydrogen) atoms. The molecule has 0 N–H and O–H groups in total. The van der Waals surface area contributed by atoms with E-state index in [1.807, 2.05) is 0 Å². The van der Waals surface area contributed by atoms with E-state index in [0.717, 1.165) is 25.7 Å². The Morgan fingerprint density at radius 2 is 0.535 bits per heavy atom. The van der Waals surface area contributed by atoms with Crippen LogP contribution >= 0.6 is 17.9 Å². The van der Waals surface area contributed by atoms with Gasteiger partial charge in [-0.05, 0) is 24.6 Å². The molecule has 0 bridgehead atoms. The predicted octanol–water partition coefficient (Wildman–Crippen LogP) is 14.6. The molecule has 0 saturated heterocycles. The van der Waals surface area contributed by atoms with Gasteiger partial charge in [0.2, 0.25) is 0 Å². The summed E-state index contributed by atoms with van der Waals surface area (Å²) in [7, 11) is 0. The summed E-state index contributed by atoms with van der Waals surface area (Å²) < 4.78 is 10.5. The molecule has 0 aliphatic carbocycles. The normalized spacial score (nSPS) is 12.0. The van der Waals surface area contributed by atoms with Gasteiger partial charge in [0.1, 0.15) is 0 Å². The van der Waals surface area contributed by atoms with E-state index < -0.39 is 5.69 Å². The maximum absolute atomic E-state index is 5.27. The van der Waals surface area contributed by atoms with Crippen molar-refractivity contribution in [3.63, 3.8) is 0 Å². The summed E-state index contributed by atoms with van der Waals surface area (Å²) in [4.78, 5) is 10.5. The fourth-order valence-electron chi connectivity index (χ4n) is 5.64. The number of hydrogen-bond acceptors (Lipinski definition) is 5. The maximum atomic E-state index is 5.27. The lowest BCUT2D eigenvalue weighted by atomic mass is 10.0. The van der Waals surface area contributed by atoms with Crippen LogP contribution in [0.25, 0.3) is 0 Å². The highest BCUT2D eigenvalue weighted by Gasteiger charge is 2.16. The van der Waals surface area contributed by atoms with Crippen molar-refractivity contribution in [1.82, 2.24) is 0 Å². The van der Waals surface area contributed by atoms with E-state index in [2.05, 4.69) is 26.1 Å². The molecular formula is C36H75O4PS2. The molecule has 0 aromatic rings. The summed E-state index contributed by atoms with van der Waals surface area (Å²) in [6.45, 7) is 5.63. The summed E-state index contributed by atoms with van der Waals surface area (Å²) in [5, 5.41) is 0. The zero-order valence-electron chi connectivity index (χ0n) is 29.0. The van der Waals surface area contributed by atoms with Crippen molar-refractivity contribution in [2.24, 2.45) is 0 Å². The number of thiol groups is 1. The first kappa shape index (κ1) is 43.8. The third kappa shape index (κ3) is 38.9. The highest BCUT2D eigenvalue weighted by atomic mass is 32.9. The summed E-state index contributed by atoms with van der Waals surface area (Å²) in [6.07, 6.45) is 43.3. The first-order valence-corrected chi connectivity index (χ1v) is 22.9. The topological polar surface area (TPSA) is 36.9 Å². The predicted molar refractivity (Wildman–Crippen MR) is 196 cm³/mol. The number of rotatable bonds is 38. The largest absolute Gasteiger partial charge is 0.304 e. The van der Waals surface area contributed by atoms with Crippen LogP contribution in [0, 0.1) is 0 Å². The molecule has 0 aliphatic heterocycles. The average Bonchev–Trinajstić information content (AvgIpc) is 3.00. The van der Waals surface area contributed by atoms with E-state index in [0.29, 0.717) is 13.2 Å². The lowest BCUT2D eigenvalue weighted by Crippen LogP contribution is -1.98. The lowest BCUT2D eigenvalue weighted by Gasteiger charge is -2.14. The smallest absolute Gasteiger partial charge is 0.229 e. The van der Waals surface area contributed by atoms with Gasteiger partial charge in [-0.3, -0.25) is 0 Å². The highest BCUT2D eigenvalue weighted by Crippen LogP contribution is 2.53. The molecule has 0 spiro atoms. The van der Waals surface area contributed by atoms with Gasteiger partial charge in [0, 0.05) is 0 Å². The summed E-state index contributed by atoms with van der Waals surface area (Å²) in [5.41, 5.74) is -2.79. The summed E-state index contributed by atoms with van der Waals surface area (Å²) >= 11 is 9.54. The van der Waals surface area contributed by atoms with Gasteiger partial charge in [0.25, 0.3) is 0 Å². The number of hydrogen-bond donors (Lipinski definition) is 1. The Morgan fingerprint density at radius 1 is 0.349 bits per heavy atom. The molecule has 0 amide bonds. The van der Waals surface area contributed by atoms with Gasteiger partial charge in [-0.15, -0.1) is 0 Å². The second-order valence-electron chi connectivity index (χ2n) is 12.9. The van der Waals surface area contributed by atoms with Gasteiger partial charge in [-0.2, -0.15) is 9.35 Å². The lowest BCUT2D eigenvalue weighted by molar-refractivity contribution is -0.253. The van der Waals surface area contributed by atoms with Crippen LogP contribution in [0.3, 0.4) is 0 Å². The minimum Gasteiger partial charge on any atom is -0.229 e. The highest BCUT2D eigenvalue weighted by molar-refractivity contribution is 8.60. The third-order valence-electron chi connectivity index (χ3n) is 8.46. The average molecular weight is 667 g/mol. The van der Waals surface area contributed by atoms with Crippen LogP contribution in [0.15, 0.2) is 0 Å². The second kappa shape index (κ2) is 37.3. The quantitative estimate of drug-likeness (QED) is 0.0233. The Bertz CT molecular complexity index is 523. The van der Waals surface area contributed by atoms with Crippen LogP contribution in [0.2, 0.25) is 0 Å². The molecule has 0 rings (SSSR count). The van der Waals surface area contributed by atoms with Crippen LogP contribution in [0.1, 0.15) is 219 Å². The fraction of sp³-hybridized carbons (Fsp3) is 1.00. The maximum Gasteiger partial charge on any atom is 0.304 e. The minimum absolute atomic E-state index is 0.528. The molecule has 260 valence electrons. The van der Waals surface area contributed by atoms with E-state index in [9.17, 15) is 0 Å². The van der Waals surface area contributed by atoms with E-state index in [4.69, 9.17) is 30.9 Å². The van der Waals surface area contributed by atoms with Gasteiger partial charge in [-0.1, -0.05) is 219 Å². The zero-order chi connectivity index (χ0) is 31.4. The minimum atomic E-state index is -2.79. The second-order valence-corrected chi connectivity index (χ2v) is 17.9. The Balaban J connectivity index is 3.26. The Kier molecular flexibility index (Phi) is 38.0. The van der Waals surface area contributed by atoms with Gasteiger partial charge < -0.3 is 0 Å². The molecule has 0 fully saturated rings. The fourth-order valence-corrected chi connectivity index (χ4v) is 6.62. The Morgan fingerprint density at radius 3 is 0.744 bits per heavy atom. The van der Waals surface area contributed by atoms with Crippen molar-refractivity contribution in [3.05, 3.63) is 0 Å². The van der Waals surface area contributed by atoms with Crippen LogP contribution in [-0.4, -0.2) is 13.2 Å². The SMILES string of the molecule is CCCCCCCCCCCCCCCCCCOOP(=S)(S)OOCCCCCCCCCCCCCCCCCC. The van der Waals surface area contributed by atoms with E-state index in [-0.39, 0.29) is 0 Å². The molecular weight excluding hydrogens is 592 g/mol. The first-order valence-electron chi connectivity index (χ1n) is 19.1.